The smallest absolute Gasteiger partial charge is 0.224 e. The molecular weight excluding hydrogens is 244 g/mol. The Labute approximate surface area is 106 Å². The number of carbonyl (C=O) groups is 1. The molecule has 0 spiro atoms. The summed E-state index contributed by atoms with van der Waals surface area (Å²) in [6.07, 6.45) is 1.92. The van der Waals surface area contributed by atoms with Crippen molar-refractivity contribution in [3.8, 4) is 0 Å². The summed E-state index contributed by atoms with van der Waals surface area (Å²) in [5.41, 5.74) is 1.31. The van der Waals surface area contributed by atoms with E-state index in [1.54, 1.807) is 11.3 Å². The van der Waals surface area contributed by atoms with Gasteiger partial charge < -0.3 is 10.6 Å². The lowest BCUT2D eigenvalue weighted by Crippen LogP contribution is -2.33. The highest BCUT2D eigenvalue weighted by Crippen LogP contribution is 2.08. The average molecular weight is 261 g/mol. The van der Waals surface area contributed by atoms with Gasteiger partial charge in [0.1, 0.15) is 0 Å². The highest BCUT2D eigenvalue weighted by molar-refractivity contribution is 7.07. The summed E-state index contributed by atoms with van der Waals surface area (Å²) in [5, 5.41) is 10.4. The minimum absolute atomic E-state index is 0. The van der Waals surface area contributed by atoms with Crippen LogP contribution in [0.4, 0.5) is 0 Å². The zero-order valence-corrected chi connectivity index (χ0v) is 10.7. The molecule has 1 aliphatic heterocycles. The first kappa shape index (κ1) is 13.5. The van der Waals surface area contributed by atoms with Crippen LogP contribution in [0, 0.1) is 5.92 Å². The summed E-state index contributed by atoms with van der Waals surface area (Å²) in [6.45, 7) is 2.57. The number of carbonyl (C=O) groups excluding carboxylic acids is 1. The second-order valence-electron chi connectivity index (χ2n) is 3.86. The third-order valence-electron chi connectivity index (χ3n) is 2.72. The zero-order chi connectivity index (χ0) is 10.5. The van der Waals surface area contributed by atoms with Gasteiger partial charge in [0.25, 0.3) is 0 Å². The predicted molar refractivity (Wildman–Crippen MR) is 69.3 cm³/mol. The lowest BCUT2D eigenvalue weighted by atomic mass is 10.1. The summed E-state index contributed by atoms with van der Waals surface area (Å²) < 4.78 is 0. The molecule has 0 radical (unpaired) electrons. The van der Waals surface area contributed by atoms with Gasteiger partial charge in [0.15, 0.2) is 0 Å². The van der Waals surface area contributed by atoms with Gasteiger partial charge in [-0.2, -0.15) is 11.3 Å². The Kier molecular flexibility index (Phi) is 5.80. The second kappa shape index (κ2) is 6.89. The molecular formula is C11H17ClN2OS. The molecule has 2 heterocycles. The van der Waals surface area contributed by atoms with Gasteiger partial charge in [-0.25, -0.2) is 0 Å². The van der Waals surface area contributed by atoms with E-state index in [1.807, 2.05) is 0 Å². The first-order chi connectivity index (χ1) is 7.36. The quantitative estimate of drug-likeness (QED) is 0.860. The van der Waals surface area contributed by atoms with Gasteiger partial charge in [-0.3, -0.25) is 4.79 Å². The molecule has 1 amide bonds. The molecule has 3 nitrogen and oxygen atoms in total. The van der Waals surface area contributed by atoms with E-state index in [0.29, 0.717) is 0 Å². The van der Waals surface area contributed by atoms with E-state index in [4.69, 9.17) is 0 Å². The van der Waals surface area contributed by atoms with Crippen molar-refractivity contribution in [3.05, 3.63) is 22.4 Å². The van der Waals surface area contributed by atoms with Gasteiger partial charge in [0.2, 0.25) is 5.91 Å². The molecule has 0 bridgehead atoms. The monoisotopic (exact) mass is 260 g/mol. The fraction of sp³-hybridized carbons (Fsp3) is 0.545. The van der Waals surface area contributed by atoms with Gasteiger partial charge in [-0.1, -0.05) is 0 Å². The van der Waals surface area contributed by atoms with E-state index in [0.717, 1.165) is 32.5 Å². The third-order valence-corrected chi connectivity index (χ3v) is 3.46. The van der Waals surface area contributed by atoms with Crippen LogP contribution >= 0.6 is 23.7 Å². The molecule has 1 fully saturated rings. The molecule has 1 saturated heterocycles. The Hall–Kier alpha value is -0.580. The van der Waals surface area contributed by atoms with Crippen LogP contribution in [-0.4, -0.2) is 25.5 Å². The molecule has 5 heteroatoms. The fourth-order valence-corrected chi connectivity index (χ4v) is 2.49. The van der Waals surface area contributed by atoms with Crippen LogP contribution in [0.15, 0.2) is 16.8 Å². The van der Waals surface area contributed by atoms with Crippen LogP contribution in [0.5, 0.6) is 0 Å². The summed E-state index contributed by atoms with van der Waals surface area (Å²) in [5.74, 6) is 0.391. The second-order valence-corrected chi connectivity index (χ2v) is 4.64. The fourth-order valence-electron chi connectivity index (χ4n) is 1.79. The molecule has 0 aliphatic carbocycles. The van der Waals surface area contributed by atoms with Gasteiger partial charge in [-0.05, 0) is 41.8 Å². The Morgan fingerprint density at radius 2 is 2.50 bits per heavy atom. The highest BCUT2D eigenvalue weighted by Gasteiger charge is 2.21. The average Bonchev–Trinajstić information content (AvgIpc) is 2.90. The first-order valence-electron chi connectivity index (χ1n) is 5.36. The van der Waals surface area contributed by atoms with E-state index in [2.05, 4.69) is 27.5 Å². The molecule has 1 aromatic heterocycles. The molecule has 0 aromatic carbocycles. The largest absolute Gasteiger partial charge is 0.355 e. The van der Waals surface area contributed by atoms with Crippen molar-refractivity contribution >= 4 is 29.7 Å². The maximum absolute atomic E-state index is 11.6. The van der Waals surface area contributed by atoms with E-state index < -0.39 is 0 Å². The van der Waals surface area contributed by atoms with E-state index in [-0.39, 0.29) is 24.2 Å². The van der Waals surface area contributed by atoms with Gasteiger partial charge >= 0.3 is 0 Å². The molecule has 1 unspecified atom stereocenters. The third kappa shape index (κ3) is 3.77. The van der Waals surface area contributed by atoms with Crippen LogP contribution < -0.4 is 10.6 Å². The Balaban J connectivity index is 0.00000128. The van der Waals surface area contributed by atoms with Crippen molar-refractivity contribution in [2.75, 3.05) is 19.6 Å². The Bertz CT molecular complexity index is 310. The predicted octanol–water partition coefficient (Wildman–Crippen LogP) is 1.44. The standard InChI is InChI=1S/C11H16N2OS.ClH/c14-11(10-2-4-12-7-10)13-5-1-9-3-6-15-8-9;/h3,6,8,10,12H,1-2,4-5,7H2,(H,13,14);1H. The van der Waals surface area contributed by atoms with Crippen molar-refractivity contribution in [2.24, 2.45) is 5.92 Å². The maximum atomic E-state index is 11.6. The van der Waals surface area contributed by atoms with Crippen molar-refractivity contribution in [1.29, 1.82) is 0 Å². The minimum atomic E-state index is 0. The van der Waals surface area contributed by atoms with Gasteiger partial charge in [0, 0.05) is 13.1 Å². The number of thiophene rings is 1. The van der Waals surface area contributed by atoms with E-state index in [1.165, 1.54) is 5.56 Å². The number of nitrogens with one attached hydrogen (secondary N) is 2. The summed E-state index contributed by atoms with van der Waals surface area (Å²) in [4.78, 5) is 11.6. The van der Waals surface area contributed by atoms with E-state index >= 15 is 0 Å². The number of rotatable bonds is 4. The van der Waals surface area contributed by atoms with Crippen LogP contribution in [-0.2, 0) is 11.2 Å². The lowest BCUT2D eigenvalue weighted by Gasteiger charge is -2.08. The van der Waals surface area contributed by atoms with Crippen molar-refractivity contribution < 1.29 is 4.79 Å². The SMILES string of the molecule is Cl.O=C(NCCc1ccsc1)C1CCNC1. The van der Waals surface area contributed by atoms with Crippen LogP contribution in [0.2, 0.25) is 0 Å². The number of halogens is 1. The first-order valence-corrected chi connectivity index (χ1v) is 6.30. The van der Waals surface area contributed by atoms with E-state index in [9.17, 15) is 4.79 Å². The van der Waals surface area contributed by atoms with Crippen molar-refractivity contribution in [2.45, 2.75) is 12.8 Å². The van der Waals surface area contributed by atoms with Crippen molar-refractivity contribution in [3.63, 3.8) is 0 Å². The lowest BCUT2D eigenvalue weighted by molar-refractivity contribution is -0.124. The molecule has 1 atom stereocenters. The highest BCUT2D eigenvalue weighted by atomic mass is 35.5. The van der Waals surface area contributed by atoms with Gasteiger partial charge in [0.05, 0.1) is 5.92 Å². The molecule has 0 saturated carbocycles. The molecule has 2 rings (SSSR count). The summed E-state index contributed by atoms with van der Waals surface area (Å²) in [7, 11) is 0. The minimum Gasteiger partial charge on any atom is -0.355 e. The Morgan fingerprint density at radius 1 is 1.62 bits per heavy atom. The van der Waals surface area contributed by atoms with Crippen molar-refractivity contribution in [1.82, 2.24) is 10.6 Å². The maximum Gasteiger partial charge on any atom is 0.224 e. The zero-order valence-electron chi connectivity index (χ0n) is 9.07. The Morgan fingerprint density at radius 3 is 3.12 bits per heavy atom. The molecule has 1 aromatic rings. The normalized spacial score (nSPS) is 19.1. The molecule has 16 heavy (non-hydrogen) atoms. The summed E-state index contributed by atoms with van der Waals surface area (Å²) in [6, 6.07) is 2.11. The van der Waals surface area contributed by atoms with Gasteiger partial charge in [-0.15, -0.1) is 12.4 Å². The van der Waals surface area contributed by atoms with Crippen LogP contribution in [0.25, 0.3) is 0 Å². The van der Waals surface area contributed by atoms with Crippen LogP contribution in [0.1, 0.15) is 12.0 Å². The molecule has 90 valence electrons. The topological polar surface area (TPSA) is 41.1 Å². The van der Waals surface area contributed by atoms with Crippen LogP contribution in [0.3, 0.4) is 0 Å². The number of hydrogen-bond acceptors (Lipinski definition) is 3. The summed E-state index contributed by atoms with van der Waals surface area (Å²) >= 11 is 1.70. The molecule has 2 N–H and O–H groups in total. The number of hydrogen-bond donors (Lipinski definition) is 2. The number of amides is 1. The molecule has 1 aliphatic rings.